The Kier molecular flexibility index (Phi) is 5.49. The maximum absolute atomic E-state index is 13.8. The standard InChI is InChI=1S/C27H29ClN4O3/c1-31-12-13-32(20(16-31)17-8-4-2-5-9-17)25(33)21-15-18-14-19(28)23-22(24(18)35-21)27(30-26(34)29-23)10-6-3-7-11-27/h2,4-5,8-9,14-15,20H,3,6-7,10-13,16H2,1H3,(H2,29,30,34). The summed E-state index contributed by atoms with van der Waals surface area (Å²) in [5.41, 5.74) is 2.68. The highest BCUT2D eigenvalue weighted by atomic mass is 35.5. The third kappa shape index (κ3) is 3.78. The summed E-state index contributed by atoms with van der Waals surface area (Å²) in [6, 6.07) is 13.4. The highest BCUT2D eigenvalue weighted by Gasteiger charge is 2.44. The molecule has 182 valence electrons. The fourth-order valence-electron chi connectivity index (χ4n) is 6.05. The number of fused-ring (bicyclic) bond motifs is 4. The summed E-state index contributed by atoms with van der Waals surface area (Å²) in [6.07, 6.45) is 4.81. The number of likely N-dealkylation sites (N-methyl/N-ethyl adjacent to an activating group) is 1. The van der Waals surface area contributed by atoms with E-state index >= 15 is 0 Å². The number of nitrogens with one attached hydrogen (secondary N) is 2. The molecular formula is C27H29ClN4O3. The van der Waals surface area contributed by atoms with Crippen LogP contribution in [0.3, 0.4) is 0 Å². The molecule has 7 nitrogen and oxygen atoms in total. The number of benzene rings is 2. The Hall–Kier alpha value is -3.03. The average molecular weight is 493 g/mol. The third-order valence-corrected chi connectivity index (χ3v) is 8.07. The highest BCUT2D eigenvalue weighted by Crippen LogP contribution is 2.49. The SMILES string of the molecule is CN1CCN(C(=O)c2cc3cc(Cl)c4c(c3o2)C2(CCCCC2)NC(=O)N4)C(c2ccccc2)C1. The van der Waals surface area contributed by atoms with Crippen molar-refractivity contribution in [2.75, 3.05) is 32.0 Å². The second kappa shape index (κ2) is 8.57. The topological polar surface area (TPSA) is 77.8 Å². The minimum atomic E-state index is -0.530. The van der Waals surface area contributed by atoms with Crippen LogP contribution in [0.1, 0.15) is 59.8 Å². The first-order valence-corrected chi connectivity index (χ1v) is 12.7. The predicted octanol–water partition coefficient (Wildman–Crippen LogP) is 5.51. The van der Waals surface area contributed by atoms with Crippen LogP contribution >= 0.6 is 11.6 Å². The molecule has 6 rings (SSSR count). The minimum Gasteiger partial charge on any atom is -0.450 e. The molecule has 3 heterocycles. The lowest BCUT2D eigenvalue weighted by molar-refractivity contribution is 0.0469. The molecule has 3 amide bonds. The molecule has 2 aliphatic heterocycles. The lowest BCUT2D eigenvalue weighted by Crippen LogP contribution is -2.52. The van der Waals surface area contributed by atoms with Gasteiger partial charge >= 0.3 is 6.03 Å². The summed E-state index contributed by atoms with van der Waals surface area (Å²) in [6.45, 7) is 2.18. The van der Waals surface area contributed by atoms with Gasteiger partial charge in [0, 0.05) is 30.6 Å². The first-order chi connectivity index (χ1) is 16.9. The lowest BCUT2D eigenvalue weighted by atomic mass is 9.74. The number of halogens is 1. The molecular weight excluding hydrogens is 464 g/mol. The van der Waals surface area contributed by atoms with Gasteiger partial charge in [-0.3, -0.25) is 4.79 Å². The second-order valence-corrected chi connectivity index (χ2v) is 10.5. The molecule has 1 atom stereocenters. The molecule has 2 aromatic carbocycles. The molecule has 8 heteroatoms. The van der Waals surface area contributed by atoms with E-state index in [0.29, 0.717) is 28.6 Å². The number of nitrogens with zero attached hydrogens (tertiary/aromatic N) is 2. The smallest absolute Gasteiger partial charge is 0.319 e. The predicted molar refractivity (Wildman–Crippen MR) is 136 cm³/mol. The number of hydrogen-bond acceptors (Lipinski definition) is 4. The van der Waals surface area contributed by atoms with Crippen molar-refractivity contribution >= 4 is 40.2 Å². The molecule has 2 fully saturated rings. The monoisotopic (exact) mass is 492 g/mol. The van der Waals surface area contributed by atoms with Crippen LogP contribution in [0.15, 0.2) is 46.9 Å². The molecule has 3 aliphatic rings. The van der Waals surface area contributed by atoms with Crippen LogP contribution in [0.25, 0.3) is 11.0 Å². The molecule has 0 bridgehead atoms. The summed E-state index contributed by atoms with van der Waals surface area (Å²) in [4.78, 5) is 30.5. The van der Waals surface area contributed by atoms with Crippen LogP contribution in [-0.2, 0) is 5.54 Å². The minimum absolute atomic E-state index is 0.0567. The van der Waals surface area contributed by atoms with Crippen LogP contribution in [0, 0.1) is 0 Å². The van der Waals surface area contributed by atoms with Crippen molar-refractivity contribution in [2.45, 2.75) is 43.7 Å². The molecule has 35 heavy (non-hydrogen) atoms. The van der Waals surface area contributed by atoms with Gasteiger partial charge in [-0.1, -0.05) is 61.2 Å². The quantitative estimate of drug-likeness (QED) is 0.494. The molecule has 0 radical (unpaired) electrons. The van der Waals surface area contributed by atoms with E-state index in [1.54, 1.807) is 12.1 Å². The van der Waals surface area contributed by atoms with Crippen LogP contribution in [0.5, 0.6) is 0 Å². The lowest BCUT2D eigenvalue weighted by Gasteiger charge is -2.42. The molecule has 1 spiro atoms. The Bertz CT molecular complexity index is 1300. The average Bonchev–Trinajstić information content (AvgIpc) is 3.28. The van der Waals surface area contributed by atoms with Gasteiger partial charge in [-0.05, 0) is 37.6 Å². The van der Waals surface area contributed by atoms with Gasteiger partial charge in [0.2, 0.25) is 0 Å². The second-order valence-electron chi connectivity index (χ2n) is 10.0. The number of hydrogen-bond donors (Lipinski definition) is 2. The number of anilines is 1. The molecule has 1 saturated heterocycles. The van der Waals surface area contributed by atoms with Gasteiger partial charge in [-0.25, -0.2) is 4.79 Å². The number of carbonyl (C=O) groups excluding carboxylic acids is 2. The zero-order valence-corrected chi connectivity index (χ0v) is 20.5. The molecule has 2 N–H and O–H groups in total. The van der Waals surface area contributed by atoms with Crippen molar-refractivity contribution < 1.29 is 14.0 Å². The number of rotatable bonds is 2. The van der Waals surface area contributed by atoms with E-state index in [4.69, 9.17) is 16.0 Å². The van der Waals surface area contributed by atoms with Crippen LogP contribution in [0.4, 0.5) is 10.5 Å². The van der Waals surface area contributed by atoms with Crippen LogP contribution in [0.2, 0.25) is 5.02 Å². The largest absolute Gasteiger partial charge is 0.450 e. The van der Waals surface area contributed by atoms with Crippen LogP contribution < -0.4 is 10.6 Å². The van der Waals surface area contributed by atoms with Gasteiger partial charge < -0.3 is 24.9 Å². The third-order valence-electron chi connectivity index (χ3n) is 7.78. The van der Waals surface area contributed by atoms with E-state index in [1.165, 1.54) is 0 Å². The zero-order valence-electron chi connectivity index (χ0n) is 19.8. The number of furan rings is 1. The van der Waals surface area contributed by atoms with E-state index in [9.17, 15) is 9.59 Å². The first-order valence-electron chi connectivity index (χ1n) is 12.4. The van der Waals surface area contributed by atoms with E-state index < -0.39 is 5.54 Å². The zero-order chi connectivity index (χ0) is 24.2. The summed E-state index contributed by atoms with van der Waals surface area (Å²) >= 11 is 6.66. The normalized spacial score (nSPS) is 22.1. The molecule has 1 aliphatic carbocycles. The van der Waals surface area contributed by atoms with Gasteiger partial charge in [0.05, 0.1) is 22.3 Å². The Balaban J connectivity index is 1.44. The van der Waals surface area contributed by atoms with E-state index in [0.717, 1.165) is 61.7 Å². The van der Waals surface area contributed by atoms with Crippen molar-refractivity contribution in [3.05, 3.63) is 64.4 Å². The Morgan fingerprint density at radius 2 is 1.89 bits per heavy atom. The maximum atomic E-state index is 13.8. The summed E-state index contributed by atoms with van der Waals surface area (Å²) in [5, 5.41) is 7.31. The van der Waals surface area contributed by atoms with Crippen molar-refractivity contribution in [2.24, 2.45) is 0 Å². The Morgan fingerprint density at radius 3 is 2.66 bits per heavy atom. The van der Waals surface area contributed by atoms with Crippen molar-refractivity contribution in [3.8, 4) is 0 Å². The number of carbonyl (C=O) groups is 2. The van der Waals surface area contributed by atoms with E-state index in [1.807, 2.05) is 23.1 Å². The maximum Gasteiger partial charge on any atom is 0.319 e. The van der Waals surface area contributed by atoms with Gasteiger partial charge in [-0.15, -0.1) is 0 Å². The fourth-order valence-corrected chi connectivity index (χ4v) is 6.31. The van der Waals surface area contributed by atoms with Gasteiger partial charge in [0.1, 0.15) is 5.58 Å². The summed E-state index contributed by atoms with van der Waals surface area (Å²) in [5.74, 6) is 0.177. The van der Waals surface area contributed by atoms with Crippen molar-refractivity contribution in [3.63, 3.8) is 0 Å². The fraction of sp³-hybridized carbons (Fsp3) is 0.407. The molecule has 1 aromatic heterocycles. The number of piperazine rings is 1. The Labute approximate surface area is 209 Å². The van der Waals surface area contributed by atoms with Crippen LogP contribution in [-0.4, -0.2) is 48.4 Å². The Morgan fingerprint density at radius 1 is 1.11 bits per heavy atom. The van der Waals surface area contributed by atoms with Gasteiger partial charge in [0.15, 0.2) is 5.76 Å². The summed E-state index contributed by atoms with van der Waals surface area (Å²) in [7, 11) is 2.08. The van der Waals surface area contributed by atoms with E-state index in [-0.39, 0.29) is 18.0 Å². The van der Waals surface area contributed by atoms with Crippen molar-refractivity contribution in [1.29, 1.82) is 0 Å². The number of urea groups is 1. The van der Waals surface area contributed by atoms with Gasteiger partial charge in [-0.2, -0.15) is 0 Å². The molecule has 1 saturated carbocycles. The molecule has 3 aromatic rings. The number of amides is 3. The molecule has 1 unspecified atom stereocenters. The van der Waals surface area contributed by atoms with E-state index in [2.05, 4.69) is 34.7 Å². The highest BCUT2D eigenvalue weighted by molar-refractivity contribution is 6.35. The van der Waals surface area contributed by atoms with Gasteiger partial charge in [0.25, 0.3) is 5.91 Å². The first kappa shape index (κ1) is 22.4. The van der Waals surface area contributed by atoms with Crippen molar-refractivity contribution in [1.82, 2.24) is 15.1 Å². The summed E-state index contributed by atoms with van der Waals surface area (Å²) < 4.78 is 6.36.